The third kappa shape index (κ3) is 7.35. The number of sulfonamides is 1. The molecule has 2 heterocycles. The molecular formula is C30H39N5O7S. The van der Waals surface area contributed by atoms with Crippen molar-refractivity contribution in [2.24, 2.45) is 5.92 Å². The number of urea groups is 1. The summed E-state index contributed by atoms with van der Waals surface area (Å²) in [6.07, 6.45) is -0.678. The lowest BCUT2D eigenvalue weighted by molar-refractivity contribution is -0.134. The molecule has 2 aromatic carbocycles. The molecule has 0 unspecified atom stereocenters. The van der Waals surface area contributed by atoms with Gasteiger partial charge in [0.1, 0.15) is 23.2 Å². The topological polar surface area (TPSA) is 154 Å². The van der Waals surface area contributed by atoms with Gasteiger partial charge in [-0.1, -0.05) is 29.8 Å². The fourth-order valence-electron chi connectivity index (χ4n) is 4.90. The molecule has 0 fully saturated rings. The predicted molar refractivity (Wildman–Crippen MR) is 162 cm³/mol. The maximum atomic E-state index is 13.5. The number of benzene rings is 2. The van der Waals surface area contributed by atoms with Crippen LogP contribution < -0.4 is 15.4 Å². The Morgan fingerprint density at radius 3 is 2.49 bits per heavy atom. The molecule has 0 aliphatic carbocycles. The Kier molecular flexibility index (Phi) is 9.78. The molecule has 3 N–H and O–H groups in total. The van der Waals surface area contributed by atoms with Crippen LogP contribution in [-0.2, 0) is 21.2 Å². The van der Waals surface area contributed by atoms with Gasteiger partial charge in [-0.3, -0.25) is 4.79 Å². The number of aliphatic hydroxyl groups is 1. The fourth-order valence-corrected chi connectivity index (χ4v) is 6.09. The van der Waals surface area contributed by atoms with Crippen molar-refractivity contribution in [2.45, 2.75) is 58.1 Å². The van der Waals surface area contributed by atoms with E-state index in [9.17, 15) is 23.1 Å². The summed E-state index contributed by atoms with van der Waals surface area (Å²) in [6, 6.07) is 10.6. The second kappa shape index (κ2) is 13.1. The number of ether oxygens (including phenoxy) is 1. The first-order chi connectivity index (χ1) is 20.3. The van der Waals surface area contributed by atoms with Gasteiger partial charge in [-0.25, -0.2) is 13.2 Å². The van der Waals surface area contributed by atoms with E-state index in [1.165, 1.54) is 11.4 Å². The molecule has 13 heteroatoms. The van der Waals surface area contributed by atoms with E-state index >= 15 is 0 Å². The van der Waals surface area contributed by atoms with Crippen LogP contribution in [0.4, 0.5) is 16.2 Å². The fraction of sp³-hybridized carbons (Fsp3) is 0.433. The summed E-state index contributed by atoms with van der Waals surface area (Å²) < 4.78 is 39.6. The molecule has 3 amide bonds. The van der Waals surface area contributed by atoms with Gasteiger partial charge >= 0.3 is 6.03 Å². The van der Waals surface area contributed by atoms with Gasteiger partial charge in [0.15, 0.2) is 5.76 Å². The second-order valence-electron chi connectivity index (χ2n) is 11.1. The van der Waals surface area contributed by atoms with Crippen molar-refractivity contribution in [1.82, 2.24) is 14.4 Å². The minimum absolute atomic E-state index is 0.0200. The van der Waals surface area contributed by atoms with Crippen molar-refractivity contribution >= 4 is 33.3 Å². The van der Waals surface area contributed by atoms with Crippen LogP contribution in [0.5, 0.6) is 5.75 Å². The molecule has 3 aromatic rings. The number of rotatable bonds is 8. The number of hydrogen-bond acceptors (Lipinski definition) is 8. The number of carbonyl (C=O) groups excluding carboxylic acids is 2. The van der Waals surface area contributed by atoms with Crippen LogP contribution in [0, 0.1) is 26.7 Å². The third-order valence-electron chi connectivity index (χ3n) is 7.61. The van der Waals surface area contributed by atoms with Gasteiger partial charge in [-0.05, 0) is 58.0 Å². The van der Waals surface area contributed by atoms with Gasteiger partial charge in [0, 0.05) is 30.8 Å². The molecule has 1 aliphatic heterocycles. The zero-order valence-corrected chi connectivity index (χ0v) is 26.1. The quantitative estimate of drug-likeness (QED) is 0.347. The molecule has 0 bridgehead atoms. The first-order valence-corrected chi connectivity index (χ1v) is 15.5. The smallest absolute Gasteiger partial charge is 0.323 e. The Morgan fingerprint density at radius 1 is 1.16 bits per heavy atom. The molecule has 0 saturated heterocycles. The van der Waals surface area contributed by atoms with Crippen molar-refractivity contribution in [2.75, 3.05) is 37.4 Å². The Labute approximate surface area is 252 Å². The van der Waals surface area contributed by atoms with Crippen LogP contribution in [0.15, 0.2) is 51.9 Å². The van der Waals surface area contributed by atoms with Gasteiger partial charge in [0.25, 0.3) is 0 Å². The minimum atomic E-state index is -3.81. The van der Waals surface area contributed by atoms with Gasteiger partial charge in [0.2, 0.25) is 15.9 Å². The van der Waals surface area contributed by atoms with E-state index in [2.05, 4.69) is 15.8 Å². The highest BCUT2D eigenvalue weighted by Crippen LogP contribution is 2.30. The van der Waals surface area contributed by atoms with Crippen molar-refractivity contribution in [3.05, 3.63) is 65.0 Å². The van der Waals surface area contributed by atoms with E-state index in [1.54, 1.807) is 68.1 Å². The maximum Gasteiger partial charge on any atom is 0.323 e. The van der Waals surface area contributed by atoms with E-state index in [0.717, 1.165) is 5.56 Å². The van der Waals surface area contributed by atoms with Crippen molar-refractivity contribution in [3.8, 4) is 5.75 Å². The molecule has 0 saturated carbocycles. The number of anilines is 2. The number of carbonyl (C=O) groups is 2. The molecule has 0 radical (unpaired) electrons. The van der Waals surface area contributed by atoms with Gasteiger partial charge in [-0.2, -0.15) is 4.31 Å². The van der Waals surface area contributed by atoms with E-state index < -0.39 is 28.2 Å². The average Bonchev–Trinajstić information content (AvgIpc) is 3.29. The molecule has 0 spiro atoms. The van der Waals surface area contributed by atoms with Crippen LogP contribution in [0.1, 0.15) is 36.4 Å². The summed E-state index contributed by atoms with van der Waals surface area (Å²) in [5, 5.41) is 19.2. The number of aromatic nitrogens is 1. The molecule has 3 atom stereocenters. The SMILES string of the molecule is Cc1ccc(S(=O)(=O)N(C)C[C@@H]2Oc3ccc(NC(=O)Nc4c(C)noc4C)cc3CC(=O)N([C@@H](C)CO)C[C@@H]2C)cc1. The highest BCUT2D eigenvalue weighted by Gasteiger charge is 2.33. The van der Waals surface area contributed by atoms with Gasteiger partial charge < -0.3 is 29.9 Å². The lowest BCUT2D eigenvalue weighted by atomic mass is 10.0. The number of likely N-dealkylation sites (N-methyl/N-ethyl adjacent to an activating group) is 1. The van der Waals surface area contributed by atoms with E-state index in [-0.39, 0.29) is 42.8 Å². The summed E-state index contributed by atoms with van der Waals surface area (Å²) in [4.78, 5) is 28.0. The van der Waals surface area contributed by atoms with E-state index in [1.807, 2.05) is 13.8 Å². The Balaban J connectivity index is 1.62. The first kappa shape index (κ1) is 32.0. The van der Waals surface area contributed by atoms with Crippen molar-refractivity contribution in [1.29, 1.82) is 0 Å². The third-order valence-corrected chi connectivity index (χ3v) is 9.45. The molecular weight excluding hydrogens is 574 g/mol. The lowest BCUT2D eigenvalue weighted by Gasteiger charge is -2.33. The number of hydrogen-bond donors (Lipinski definition) is 3. The zero-order chi connectivity index (χ0) is 31.5. The van der Waals surface area contributed by atoms with Crippen LogP contribution in [0.25, 0.3) is 0 Å². The van der Waals surface area contributed by atoms with Crippen molar-refractivity contribution in [3.63, 3.8) is 0 Å². The van der Waals surface area contributed by atoms with Gasteiger partial charge in [-0.15, -0.1) is 0 Å². The monoisotopic (exact) mass is 613 g/mol. The zero-order valence-electron chi connectivity index (χ0n) is 25.2. The van der Waals surface area contributed by atoms with Gasteiger partial charge in [0.05, 0.1) is 30.5 Å². The normalized spacial score (nSPS) is 18.2. The summed E-state index contributed by atoms with van der Waals surface area (Å²) in [6.45, 7) is 8.97. The molecule has 1 aromatic heterocycles. The first-order valence-electron chi connectivity index (χ1n) is 14.0. The number of aryl methyl sites for hydroxylation is 3. The Bertz CT molecular complexity index is 1550. The molecule has 43 heavy (non-hydrogen) atoms. The van der Waals surface area contributed by atoms with Crippen LogP contribution >= 0.6 is 0 Å². The summed E-state index contributed by atoms with van der Waals surface area (Å²) >= 11 is 0. The minimum Gasteiger partial charge on any atom is -0.488 e. The van der Waals surface area contributed by atoms with Crippen LogP contribution in [0.2, 0.25) is 0 Å². The largest absolute Gasteiger partial charge is 0.488 e. The number of aliphatic hydroxyl groups excluding tert-OH is 1. The van der Waals surface area contributed by atoms with E-state index in [0.29, 0.717) is 34.1 Å². The summed E-state index contributed by atoms with van der Waals surface area (Å²) in [5.74, 6) is 0.352. The predicted octanol–water partition coefficient (Wildman–Crippen LogP) is 3.71. The molecule has 4 rings (SSSR count). The van der Waals surface area contributed by atoms with E-state index in [4.69, 9.17) is 9.26 Å². The second-order valence-corrected chi connectivity index (χ2v) is 13.1. The summed E-state index contributed by atoms with van der Waals surface area (Å²) in [7, 11) is -2.31. The van der Waals surface area contributed by atoms with Crippen LogP contribution in [0.3, 0.4) is 0 Å². The molecule has 1 aliphatic rings. The lowest BCUT2D eigenvalue weighted by Crippen LogP contribution is -2.48. The average molecular weight is 614 g/mol. The highest BCUT2D eigenvalue weighted by atomic mass is 32.2. The number of nitrogens with zero attached hydrogens (tertiary/aromatic N) is 3. The van der Waals surface area contributed by atoms with Crippen LogP contribution in [-0.4, -0.2) is 78.7 Å². The Hall–Kier alpha value is -3.94. The number of amides is 3. The maximum absolute atomic E-state index is 13.5. The highest BCUT2D eigenvalue weighted by molar-refractivity contribution is 7.89. The number of fused-ring (bicyclic) bond motifs is 1. The standard InChI is InChI=1S/C30H39N5O7S/c1-18-7-10-25(11-8-18)43(39,40)34(6)16-27-19(2)15-35(20(3)17-36)28(37)14-23-13-24(9-12-26(23)41-27)31-30(38)32-29-21(4)33-42-22(29)5/h7-13,19-20,27,36H,14-17H2,1-6H3,(H2,31,32,38)/t19-,20-,27-/m0/s1. The summed E-state index contributed by atoms with van der Waals surface area (Å²) in [5.41, 5.74) is 2.88. The number of nitrogens with one attached hydrogen (secondary N) is 2. The van der Waals surface area contributed by atoms with Crippen molar-refractivity contribution < 1.29 is 32.4 Å². The Morgan fingerprint density at radius 2 is 1.86 bits per heavy atom. The molecule has 232 valence electrons. The molecule has 12 nitrogen and oxygen atoms in total.